The maximum atomic E-state index is 12.8. The second-order valence-electron chi connectivity index (χ2n) is 5.55. The van der Waals surface area contributed by atoms with E-state index < -0.39 is 0 Å². The van der Waals surface area contributed by atoms with Crippen molar-refractivity contribution in [2.75, 3.05) is 11.4 Å². The zero-order valence-corrected chi connectivity index (χ0v) is 12.0. The summed E-state index contributed by atoms with van der Waals surface area (Å²) < 4.78 is 0. The van der Waals surface area contributed by atoms with Crippen molar-refractivity contribution in [2.24, 2.45) is 0 Å². The van der Waals surface area contributed by atoms with E-state index in [4.69, 9.17) is 0 Å². The molecule has 108 valence electrons. The number of hydrogen-bond acceptors (Lipinski definition) is 2. The number of carbonyl (C=O) groups excluding carboxylic acids is 1. The maximum Gasteiger partial charge on any atom is 0.262 e. The smallest absolute Gasteiger partial charge is 0.262 e. The first kappa shape index (κ1) is 12.9. The quantitative estimate of drug-likeness (QED) is 0.741. The predicted octanol–water partition coefficient (Wildman–Crippen LogP) is 3.75. The molecule has 1 aliphatic rings. The number of phenols is 1. The van der Waals surface area contributed by atoms with Crippen LogP contribution in [0.5, 0.6) is 5.75 Å². The van der Waals surface area contributed by atoms with E-state index in [0.717, 1.165) is 22.9 Å². The number of phenolic OH excluding ortho intramolecular Hbond substituents is 1. The van der Waals surface area contributed by atoms with Crippen LogP contribution < -0.4 is 4.90 Å². The molecular formula is C19H15NO2. The molecule has 0 aromatic heterocycles. The molecule has 1 heterocycles. The lowest BCUT2D eigenvalue weighted by atomic mass is 10.0. The molecule has 3 aromatic rings. The van der Waals surface area contributed by atoms with Gasteiger partial charge in [-0.3, -0.25) is 4.79 Å². The Morgan fingerprint density at radius 1 is 0.955 bits per heavy atom. The van der Waals surface area contributed by atoms with Crippen molar-refractivity contribution in [1.29, 1.82) is 0 Å². The zero-order chi connectivity index (χ0) is 15.1. The van der Waals surface area contributed by atoms with Crippen molar-refractivity contribution >= 4 is 22.4 Å². The fourth-order valence-electron chi connectivity index (χ4n) is 3.09. The topological polar surface area (TPSA) is 40.5 Å². The lowest BCUT2D eigenvalue weighted by molar-refractivity contribution is 0.0987. The number of fused-ring (bicyclic) bond motifs is 2. The summed E-state index contributed by atoms with van der Waals surface area (Å²) in [6, 6.07) is 19.1. The van der Waals surface area contributed by atoms with Crippen LogP contribution >= 0.6 is 0 Å². The van der Waals surface area contributed by atoms with E-state index in [9.17, 15) is 9.90 Å². The molecule has 0 bridgehead atoms. The summed E-state index contributed by atoms with van der Waals surface area (Å²) in [5.74, 6) is -0.110. The summed E-state index contributed by atoms with van der Waals surface area (Å²) in [5, 5.41) is 12.1. The monoisotopic (exact) mass is 289 g/mol. The summed E-state index contributed by atoms with van der Waals surface area (Å²) in [6.45, 7) is 0.657. The first-order valence-corrected chi connectivity index (χ1v) is 7.35. The van der Waals surface area contributed by atoms with E-state index in [1.54, 1.807) is 17.0 Å². The molecule has 3 heteroatoms. The van der Waals surface area contributed by atoms with Gasteiger partial charge >= 0.3 is 0 Å². The fraction of sp³-hybridized carbons (Fsp3) is 0.105. The first-order valence-electron chi connectivity index (χ1n) is 7.35. The molecule has 0 atom stereocenters. The Kier molecular flexibility index (Phi) is 2.86. The van der Waals surface area contributed by atoms with Crippen molar-refractivity contribution in [1.82, 2.24) is 0 Å². The molecule has 0 fully saturated rings. The second kappa shape index (κ2) is 4.88. The number of hydrogen-bond donors (Lipinski definition) is 1. The molecule has 0 saturated carbocycles. The molecule has 3 nitrogen and oxygen atoms in total. The van der Waals surface area contributed by atoms with Crippen LogP contribution in [0.4, 0.5) is 5.69 Å². The van der Waals surface area contributed by atoms with E-state index in [-0.39, 0.29) is 11.7 Å². The first-order chi connectivity index (χ1) is 10.7. The zero-order valence-electron chi connectivity index (χ0n) is 12.0. The standard InChI is InChI=1S/C19H15NO2/c21-18-12-15-7-2-1-6-14(15)11-16(18)19(22)20-10-9-13-5-3-4-8-17(13)20/h1-8,11-12,21H,9-10H2. The van der Waals surface area contributed by atoms with Crippen molar-refractivity contribution in [3.05, 3.63) is 71.8 Å². The average Bonchev–Trinajstić information content (AvgIpc) is 2.97. The highest BCUT2D eigenvalue weighted by atomic mass is 16.3. The largest absolute Gasteiger partial charge is 0.507 e. The Morgan fingerprint density at radius 3 is 2.45 bits per heavy atom. The number of rotatable bonds is 1. The van der Waals surface area contributed by atoms with Crippen molar-refractivity contribution in [2.45, 2.75) is 6.42 Å². The van der Waals surface area contributed by atoms with Crippen LogP contribution in [0.15, 0.2) is 60.7 Å². The molecular weight excluding hydrogens is 274 g/mol. The Balaban J connectivity index is 1.79. The number of benzene rings is 3. The molecule has 0 aliphatic carbocycles. The van der Waals surface area contributed by atoms with Crippen LogP contribution in [0.3, 0.4) is 0 Å². The van der Waals surface area contributed by atoms with Crippen LogP contribution in [0.25, 0.3) is 10.8 Å². The van der Waals surface area contributed by atoms with Gasteiger partial charge < -0.3 is 10.0 Å². The van der Waals surface area contributed by atoms with Gasteiger partial charge in [-0.25, -0.2) is 0 Å². The SMILES string of the molecule is O=C(c1cc2ccccc2cc1O)N1CCc2ccccc21. The number of nitrogens with zero attached hydrogens (tertiary/aromatic N) is 1. The van der Waals surface area contributed by atoms with Gasteiger partial charge in [-0.1, -0.05) is 42.5 Å². The van der Waals surface area contributed by atoms with Gasteiger partial charge in [0.15, 0.2) is 0 Å². The Hall–Kier alpha value is -2.81. The normalized spacial score (nSPS) is 13.4. The highest BCUT2D eigenvalue weighted by Crippen LogP contribution is 2.32. The molecule has 0 radical (unpaired) electrons. The minimum atomic E-state index is -0.145. The van der Waals surface area contributed by atoms with Gasteiger partial charge in [0.1, 0.15) is 5.75 Å². The Bertz CT molecular complexity index is 885. The average molecular weight is 289 g/mol. The molecule has 0 unspecified atom stereocenters. The number of para-hydroxylation sites is 1. The van der Waals surface area contributed by atoms with Crippen molar-refractivity contribution in [3.63, 3.8) is 0 Å². The van der Waals surface area contributed by atoms with Gasteiger partial charge in [0.2, 0.25) is 0 Å². The van der Waals surface area contributed by atoms with E-state index in [1.165, 1.54) is 5.56 Å². The van der Waals surface area contributed by atoms with Gasteiger partial charge in [0.05, 0.1) is 5.56 Å². The van der Waals surface area contributed by atoms with Crippen LogP contribution in [0.1, 0.15) is 15.9 Å². The van der Waals surface area contributed by atoms with E-state index in [1.807, 2.05) is 48.5 Å². The molecule has 1 aliphatic heterocycles. The lowest BCUT2D eigenvalue weighted by Crippen LogP contribution is -2.28. The second-order valence-corrected chi connectivity index (χ2v) is 5.55. The Morgan fingerprint density at radius 2 is 1.64 bits per heavy atom. The molecule has 4 rings (SSSR count). The molecule has 3 aromatic carbocycles. The predicted molar refractivity (Wildman–Crippen MR) is 87.4 cm³/mol. The van der Waals surface area contributed by atoms with Crippen molar-refractivity contribution < 1.29 is 9.90 Å². The van der Waals surface area contributed by atoms with E-state index in [0.29, 0.717) is 12.1 Å². The summed E-state index contributed by atoms with van der Waals surface area (Å²) in [4.78, 5) is 14.6. The highest BCUT2D eigenvalue weighted by molar-refractivity contribution is 6.10. The van der Waals surface area contributed by atoms with Crippen LogP contribution in [-0.2, 0) is 6.42 Å². The molecule has 22 heavy (non-hydrogen) atoms. The molecule has 0 spiro atoms. The number of carbonyl (C=O) groups is 1. The summed E-state index contributed by atoms with van der Waals surface area (Å²) >= 11 is 0. The maximum absolute atomic E-state index is 12.8. The molecule has 0 saturated heterocycles. The molecule has 1 amide bonds. The van der Waals surface area contributed by atoms with E-state index in [2.05, 4.69) is 0 Å². The summed E-state index contributed by atoms with van der Waals surface area (Å²) in [5.41, 5.74) is 2.48. The third-order valence-corrected chi connectivity index (χ3v) is 4.23. The minimum absolute atomic E-state index is 0.0353. The highest BCUT2D eigenvalue weighted by Gasteiger charge is 2.26. The molecule has 1 N–H and O–H groups in total. The van der Waals surface area contributed by atoms with Gasteiger partial charge in [-0.2, -0.15) is 0 Å². The Labute approximate surface area is 128 Å². The minimum Gasteiger partial charge on any atom is -0.507 e. The van der Waals surface area contributed by atoms with Gasteiger partial charge in [0, 0.05) is 12.2 Å². The summed E-state index contributed by atoms with van der Waals surface area (Å²) in [6.07, 6.45) is 0.857. The number of aromatic hydroxyl groups is 1. The van der Waals surface area contributed by atoms with Crippen LogP contribution in [0.2, 0.25) is 0 Å². The number of anilines is 1. The van der Waals surface area contributed by atoms with Gasteiger partial charge in [-0.15, -0.1) is 0 Å². The number of amides is 1. The van der Waals surface area contributed by atoms with E-state index >= 15 is 0 Å². The van der Waals surface area contributed by atoms with Gasteiger partial charge in [-0.05, 0) is 41.0 Å². The summed E-state index contributed by atoms with van der Waals surface area (Å²) in [7, 11) is 0. The third-order valence-electron chi connectivity index (χ3n) is 4.23. The fourth-order valence-corrected chi connectivity index (χ4v) is 3.09. The third kappa shape index (κ3) is 1.94. The van der Waals surface area contributed by atoms with Crippen LogP contribution in [0, 0.1) is 0 Å². The van der Waals surface area contributed by atoms with Gasteiger partial charge in [0.25, 0.3) is 5.91 Å². The lowest BCUT2D eigenvalue weighted by Gasteiger charge is -2.18. The van der Waals surface area contributed by atoms with Crippen molar-refractivity contribution in [3.8, 4) is 5.75 Å². The van der Waals surface area contributed by atoms with Crippen LogP contribution in [-0.4, -0.2) is 17.6 Å².